The molecule has 0 unspecified atom stereocenters. The van der Waals surface area contributed by atoms with Crippen molar-refractivity contribution in [3.63, 3.8) is 0 Å². The van der Waals surface area contributed by atoms with Gasteiger partial charge in [0.15, 0.2) is 0 Å². The Hall–Kier alpha value is -3.63. The zero-order chi connectivity index (χ0) is 20.2. The summed E-state index contributed by atoms with van der Waals surface area (Å²) in [4.78, 5) is 0. The van der Waals surface area contributed by atoms with Gasteiger partial charge in [-0.05, 0) is 57.4 Å². The van der Waals surface area contributed by atoms with Gasteiger partial charge >= 0.3 is 0 Å². The van der Waals surface area contributed by atoms with Crippen molar-refractivity contribution in [2.45, 2.75) is 6.54 Å². The minimum Gasteiger partial charge on any atom is -0.507 e. The lowest BCUT2D eigenvalue weighted by Gasteiger charge is -2.26. The predicted octanol–water partition coefficient (Wildman–Crippen LogP) is 4.75. The number of anilines is 1. The number of aromatic hydroxyl groups is 1. The first-order valence-electron chi connectivity index (χ1n) is 8.85. The molecule has 0 saturated carbocycles. The summed E-state index contributed by atoms with van der Waals surface area (Å²) in [5.41, 5.74) is 4.30. The summed E-state index contributed by atoms with van der Waals surface area (Å²) in [7, 11) is 0. The fourth-order valence-electron chi connectivity index (χ4n) is 3.09. The lowest BCUT2D eigenvalue weighted by Crippen LogP contribution is -2.28. The molecule has 0 aliphatic rings. The smallest absolute Gasteiger partial charge is 0.139 e. The Bertz CT molecular complexity index is 1170. The minimum atomic E-state index is 0.189. The third-order valence-corrected chi connectivity index (χ3v) is 5.17. The summed E-state index contributed by atoms with van der Waals surface area (Å²) in [6.07, 6.45) is 3.24. The maximum absolute atomic E-state index is 9.78. The number of phenolic OH excluding ortho intramolecular Hbond substituents is 1. The number of hydrogen-bond donors (Lipinski definition) is 1. The van der Waals surface area contributed by atoms with Crippen molar-refractivity contribution < 1.29 is 5.11 Å². The highest BCUT2D eigenvalue weighted by atomic mass is 79.9. The van der Waals surface area contributed by atoms with E-state index in [2.05, 4.69) is 32.2 Å². The van der Waals surface area contributed by atoms with E-state index in [0.717, 1.165) is 22.4 Å². The van der Waals surface area contributed by atoms with E-state index in [4.69, 9.17) is 0 Å². The number of phenols is 1. The highest BCUT2D eigenvalue weighted by Gasteiger charge is 2.14. The van der Waals surface area contributed by atoms with Crippen LogP contribution in [-0.4, -0.2) is 20.0 Å². The maximum Gasteiger partial charge on any atom is 0.139 e. The molecule has 4 rings (SSSR count). The lowest BCUT2D eigenvalue weighted by molar-refractivity contribution is 0.471. The molecule has 3 aromatic carbocycles. The number of aromatic nitrogens is 3. The summed E-state index contributed by atoms with van der Waals surface area (Å²) in [5, 5.41) is 29.2. The van der Waals surface area contributed by atoms with Crippen molar-refractivity contribution in [3.8, 4) is 22.9 Å². The van der Waals surface area contributed by atoms with E-state index in [1.54, 1.807) is 23.4 Å². The minimum absolute atomic E-state index is 0.189. The fourth-order valence-corrected chi connectivity index (χ4v) is 3.52. The highest BCUT2D eigenvalue weighted by Crippen LogP contribution is 2.30. The van der Waals surface area contributed by atoms with Crippen molar-refractivity contribution >= 4 is 21.6 Å². The van der Waals surface area contributed by atoms with Crippen LogP contribution in [0.5, 0.6) is 5.75 Å². The number of nitrogens with zero attached hydrogens (tertiary/aromatic N) is 5. The molecule has 0 spiro atoms. The van der Waals surface area contributed by atoms with Crippen LogP contribution in [0.25, 0.3) is 11.1 Å². The van der Waals surface area contributed by atoms with Crippen LogP contribution in [-0.2, 0) is 6.54 Å². The first-order chi connectivity index (χ1) is 14.2. The predicted molar refractivity (Wildman–Crippen MR) is 114 cm³/mol. The molecule has 0 amide bonds. The molecule has 6 nitrogen and oxygen atoms in total. The van der Waals surface area contributed by atoms with E-state index in [1.807, 2.05) is 65.7 Å². The molecule has 0 saturated heterocycles. The van der Waals surface area contributed by atoms with Crippen LogP contribution < -0.4 is 5.01 Å². The molecule has 0 fully saturated rings. The first-order valence-corrected chi connectivity index (χ1v) is 9.64. The van der Waals surface area contributed by atoms with Crippen LogP contribution in [0.2, 0.25) is 0 Å². The molecule has 29 heavy (non-hydrogen) atoms. The van der Waals surface area contributed by atoms with E-state index in [0.29, 0.717) is 16.6 Å². The molecule has 4 aromatic rings. The van der Waals surface area contributed by atoms with Gasteiger partial charge in [-0.15, -0.1) is 10.2 Å². The second kappa shape index (κ2) is 8.17. The molecule has 0 bridgehead atoms. The topological polar surface area (TPSA) is 78.0 Å². The molecule has 0 atom stereocenters. The van der Waals surface area contributed by atoms with Crippen LogP contribution in [0, 0.1) is 11.3 Å². The van der Waals surface area contributed by atoms with Gasteiger partial charge in [0.25, 0.3) is 0 Å². The normalized spacial score (nSPS) is 10.5. The maximum atomic E-state index is 9.78. The van der Waals surface area contributed by atoms with Crippen LogP contribution >= 0.6 is 15.9 Å². The summed E-state index contributed by atoms with van der Waals surface area (Å²) in [6, 6.07) is 23.2. The van der Waals surface area contributed by atoms with Crippen LogP contribution in [0.3, 0.4) is 0 Å². The average molecular weight is 446 g/mol. The molecule has 1 aromatic heterocycles. The van der Waals surface area contributed by atoms with Gasteiger partial charge in [-0.2, -0.15) is 5.26 Å². The number of rotatable bonds is 5. The quantitative estimate of drug-likeness (QED) is 0.479. The van der Waals surface area contributed by atoms with E-state index in [9.17, 15) is 10.4 Å². The third kappa shape index (κ3) is 3.98. The molecule has 1 heterocycles. The van der Waals surface area contributed by atoms with E-state index in [1.165, 1.54) is 0 Å². The van der Waals surface area contributed by atoms with Gasteiger partial charge in [0.1, 0.15) is 18.4 Å². The molecule has 0 aliphatic carbocycles. The first kappa shape index (κ1) is 18.7. The monoisotopic (exact) mass is 445 g/mol. The van der Waals surface area contributed by atoms with Gasteiger partial charge in [-0.3, -0.25) is 5.01 Å². The Labute approximate surface area is 176 Å². The van der Waals surface area contributed by atoms with Crippen molar-refractivity contribution in [2.24, 2.45) is 0 Å². The van der Waals surface area contributed by atoms with Gasteiger partial charge in [0.2, 0.25) is 0 Å². The second-order valence-corrected chi connectivity index (χ2v) is 7.25. The zero-order valence-electron chi connectivity index (χ0n) is 15.3. The van der Waals surface area contributed by atoms with Crippen molar-refractivity contribution in [1.82, 2.24) is 14.9 Å². The van der Waals surface area contributed by atoms with Gasteiger partial charge < -0.3 is 5.11 Å². The zero-order valence-corrected chi connectivity index (χ0v) is 16.9. The van der Waals surface area contributed by atoms with Crippen molar-refractivity contribution in [3.05, 3.63) is 95.0 Å². The highest BCUT2D eigenvalue weighted by molar-refractivity contribution is 9.10. The Morgan fingerprint density at radius 2 is 1.76 bits per heavy atom. The summed E-state index contributed by atoms with van der Waals surface area (Å²) in [6.45, 7) is 0.511. The molecule has 7 heteroatoms. The molecule has 0 aliphatic heterocycles. The van der Waals surface area contributed by atoms with Crippen LogP contribution in [0.4, 0.5) is 5.69 Å². The molecule has 142 valence electrons. The average Bonchev–Trinajstić information content (AvgIpc) is 3.29. The second-order valence-electron chi connectivity index (χ2n) is 6.39. The molecule has 0 radical (unpaired) electrons. The fraction of sp³-hybridized carbons (Fsp3) is 0.0455. The molecular weight excluding hydrogens is 430 g/mol. The number of halogens is 1. The number of benzene rings is 3. The Kier molecular flexibility index (Phi) is 5.27. The van der Waals surface area contributed by atoms with Crippen molar-refractivity contribution in [2.75, 3.05) is 5.01 Å². The summed E-state index contributed by atoms with van der Waals surface area (Å²) >= 11 is 3.37. The van der Waals surface area contributed by atoms with E-state index in [-0.39, 0.29) is 5.75 Å². The Morgan fingerprint density at radius 1 is 1.00 bits per heavy atom. The van der Waals surface area contributed by atoms with Gasteiger partial charge in [-0.1, -0.05) is 36.4 Å². The Balaban J connectivity index is 1.79. The summed E-state index contributed by atoms with van der Waals surface area (Å²) in [5.74, 6) is 0.189. The van der Waals surface area contributed by atoms with Gasteiger partial charge in [0.05, 0.1) is 28.3 Å². The Morgan fingerprint density at radius 3 is 2.45 bits per heavy atom. The standard InChI is InChI=1S/C22H16BrN5O/c23-21-10-16(6-9-22(21)29)13-28(27-14-25-26-15-27)19-8-7-18(12-24)20(11-19)17-4-2-1-3-5-17/h1-11,14-15,29H,13H2. The van der Waals surface area contributed by atoms with Crippen molar-refractivity contribution in [1.29, 1.82) is 5.26 Å². The third-order valence-electron chi connectivity index (χ3n) is 4.54. The summed E-state index contributed by atoms with van der Waals surface area (Å²) < 4.78 is 2.42. The number of hydrogen-bond acceptors (Lipinski definition) is 5. The van der Waals surface area contributed by atoms with Gasteiger partial charge in [0, 0.05) is 5.56 Å². The van der Waals surface area contributed by atoms with E-state index < -0.39 is 0 Å². The SMILES string of the molecule is N#Cc1ccc(N(Cc2ccc(O)c(Br)c2)n2cnnc2)cc1-c1ccccc1. The van der Waals surface area contributed by atoms with E-state index >= 15 is 0 Å². The number of nitriles is 1. The van der Waals surface area contributed by atoms with Crippen LogP contribution in [0.15, 0.2) is 83.9 Å². The lowest BCUT2D eigenvalue weighted by atomic mass is 9.99. The molecule has 1 N–H and O–H groups in total. The van der Waals surface area contributed by atoms with Crippen LogP contribution in [0.1, 0.15) is 11.1 Å². The van der Waals surface area contributed by atoms with Gasteiger partial charge in [-0.25, -0.2) is 4.68 Å². The largest absolute Gasteiger partial charge is 0.507 e. The molecular formula is C22H16BrN5O.